The molecular formula is C23H29F3O5. The summed E-state index contributed by atoms with van der Waals surface area (Å²) in [4.78, 5) is 24.6. The van der Waals surface area contributed by atoms with Crippen molar-refractivity contribution >= 4 is 11.9 Å². The van der Waals surface area contributed by atoms with E-state index in [1.165, 1.54) is 19.1 Å². The van der Waals surface area contributed by atoms with Crippen molar-refractivity contribution < 1.29 is 37.3 Å². The van der Waals surface area contributed by atoms with Crippen molar-refractivity contribution in [3.05, 3.63) is 12.2 Å². The third kappa shape index (κ3) is 2.23. The minimum atomic E-state index is -4.62. The molecule has 1 unspecified atom stereocenters. The van der Waals surface area contributed by atoms with E-state index in [1.807, 2.05) is 13.8 Å². The summed E-state index contributed by atoms with van der Waals surface area (Å²) in [6.45, 7) is 6.22. The van der Waals surface area contributed by atoms with Crippen LogP contribution in [0.1, 0.15) is 59.8 Å². The number of carbonyl (C=O) groups excluding carboxylic acids is 1. The molecule has 1 aliphatic heterocycles. The summed E-state index contributed by atoms with van der Waals surface area (Å²) in [5.74, 6) is -4.54. The minimum Gasteiger partial charge on any atom is -0.481 e. The second-order valence-electron chi connectivity index (χ2n) is 11.1. The number of hydrogen-bond acceptors (Lipinski definition) is 4. The molecule has 2 bridgehead atoms. The summed E-state index contributed by atoms with van der Waals surface area (Å²) >= 11 is 0. The van der Waals surface area contributed by atoms with Crippen LogP contribution in [-0.4, -0.2) is 40.0 Å². The number of aliphatic carboxylic acids is 1. The Balaban J connectivity index is 1.73. The van der Waals surface area contributed by atoms with Gasteiger partial charge < -0.3 is 14.6 Å². The molecule has 172 valence electrons. The van der Waals surface area contributed by atoms with Gasteiger partial charge in [-0.3, -0.25) is 9.59 Å². The van der Waals surface area contributed by atoms with Gasteiger partial charge in [0.1, 0.15) is 11.2 Å². The Kier molecular flexibility index (Phi) is 3.89. The maximum atomic E-state index is 14.6. The Bertz CT molecular complexity index is 900. The zero-order valence-corrected chi connectivity index (χ0v) is 18.2. The zero-order chi connectivity index (χ0) is 22.8. The lowest BCUT2D eigenvalue weighted by atomic mass is 9.61. The Labute approximate surface area is 179 Å². The molecule has 0 radical (unpaired) electrons. The Hall–Kier alpha value is -1.57. The van der Waals surface area contributed by atoms with Crippen LogP contribution in [0.2, 0.25) is 0 Å². The van der Waals surface area contributed by atoms with E-state index < -0.39 is 57.6 Å². The molecule has 0 aromatic carbocycles. The summed E-state index contributed by atoms with van der Waals surface area (Å²) in [7, 11) is 0. The number of carboxylic acids is 1. The molecule has 1 N–H and O–H groups in total. The highest BCUT2D eigenvalue weighted by Crippen LogP contribution is 2.83. The number of epoxide rings is 1. The average Bonchev–Trinajstić information content (AvgIpc) is 3.05. The second kappa shape index (κ2) is 5.67. The first-order chi connectivity index (χ1) is 14.2. The normalized spacial score (nSPS) is 54.4. The van der Waals surface area contributed by atoms with Gasteiger partial charge in [0.2, 0.25) is 0 Å². The highest BCUT2D eigenvalue weighted by molar-refractivity contribution is 5.74. The van der Waals surface area contributed by atoms with Gasteiger partial charge in [0, 0.05) is 12.8 Å². The van der Waals surface area contributed by atoms with E-state index in [2.05, 4.69) is 0 Å². The van der Waals surface area contributed by atoms with E-state index in [0.717, 1.165) is 6.92 Å². The highest BCUT2D eigenvalue weighted by atomic mass is 19.4. The van der Waals surface area contributed by atoms with Crippen LogP contribution in [0.3, 0.4) is 0 Å². The summed E-state index contributed by atoms with van der Waals surface area (Å²) < 4.78 is 55.7. The maximum absolute atomic E-state index is 14.6. The number of ether oxygens (including phenoxy) is 2. The molecule has 0 amide bonds. The van der Waals surface area contributed by atoms with Crippen molar-refractivity contribution in [3.63, 3.8) is 0 Å². The van der Waals surface area contributed by atoms with Gasteiger partial charge in [-0.05, 0) is 63.2 Å². The van der Waals surface area contributed by atoms with Crippen LogP contribution in [0, 0.1) is 34.5 Å². The lowest BCUT2D eigenvalue weighted by Crippen LogP contribution is -2.50. The summed E-state index contributed by atoms with van der Waals surface area (Å²) in [5, 5.41) is 10.4. The quantitative estimate of drug-likeness (QED) is 0.387. The second-order valence-corrected chi connectivity index (χ2v) is 11.1. The molecule has 5 aliphatic rings. The van der Waals surface area contributed by atoms with Crippen molar-refractivity contribution in [2.45, 2.75) is 82.8 Å². The van der Waals surface area contributed by atoms with E-state index in [9.17, 15) is 27.9 Å². The van der Waals surface area contributed by atoms with Crippen LogP contribution in [0.25, 0.3) is 0 Å². The molecule has 3 saturated carbocycles. The number of carbonyl (C=O) groups is 2. The molecule has 5 rings (SSSR count). The van der Waals surface area contributed by atoms with Crippen LogP contribution < -0.4 is 0 Å². The molecule has 1 heterocycles. The van der Waals surface area contributed by atoms with Crippen LogP contribution in [0.5, 0.6) is 0 Å². The number of fused-ring (bicyclic) bond motifs is 1. The third-order valence-corrected chi connectivity index (χ3v) is 9.72. The number of allylic oxidation sites excluding steroid dienone is 1. The lowest BCUT2D eigenvalue weighted by Gasteiger charge is -2.44. The first-order valence-corrected chi connectivity index (χ1v) is 11.1. The molecule has 8 heteroatoms. The Morgan fingerprint density at radius 3 is 2.52 bits per heavy atom. The molecule has 31 heavy (non-hydrogen) atoms. The van der Waals surface area contributed by atoms with Crippen molar-refractivity contribution in [1.29, 1.82) is 0 Å². The van der Waals surface area contributed by atoms with Gasteiger partial charge in [0.05, 0.1) is 16.9 Å². The van der Waals surface area contributed by atoms with Gasteiger partial charge in [-0.1, -0.05) is 19.1 Å². The summed E-state index contributed by atoms with van der Waals surface area (Å²) in [6, 6.07) is 0. The molecule has 2 spiro atoms. The van der Waals surface area contributed by atoms with Crippen molar-refractivity contribution in [1.82, 2.24) is 0 Å². The van der Waals surface area contributed by atoms with Crippen molar-refractivity contribution in [2.24, 2.45) is 34.5 Å². The van der Waals surface area contributed by atoms with Crippen LogP contribution in [-0.2, 0) is 19.1 Å². The molecule has 4 aliphatic carbocycles. The van der Waals surface area contributed by atoms with Gasteiger partial charge in [0.25, 0.3) is 0 Å². The van der Waals surface area contributed by atoms with E-state index in [1.54, 1.807) is 0 Å². The summed E-state index contributed by atoms with van der Waals surface area (Å²) in [6.07, 6.45) is 0.163. The minimum absolute atomic E-state index is 0.125. The monoisotopic (exact) mass is 442 g/mol. The standard InChI is InChI=1S/C23H29F3O5/c1-12-10-20-11-21(12,30-13(2)27)9-6-14(20)22-16(15(20)17(28)29)18(3,23(24,25)26)7-5-8-19(22,4)31-22/h5,7,12,14-16H,6,8-11H2,1-4H3,(H,28,29)/t12-,14-,15-,16-,18-,19?,20+,21+,22-/m1/s1. The zero-order valence-electron chi connectivity index (χ0n) is 18.2. The molecule has 0 aromatic rings. The van der Waals surface area contributed by atoms with Gasteiger partial charge in [-0.15, -0.1) is 0 Å². The Morgan fingerprint density at radius 2 is 1.94 bits per heavy atom. The number of hydrogen-bond donors (Lipinski definition) is 1. The molecule has 5 nitrogen and oxygen atoms in total. The fourth-order valence-electron chi connectivity index (χ4n) is 8.67. The van der Waals surface area contributed by atoms with Crippen molar-refractivity contribution in [3.8, 4) is 0 Å². The van der Waals surface area contributed by atoms with Gasteiger partial charge in [-0.2, -0.15) is 13.2 Å². The molecule has 1 saturated heterocycles. The predicted molar refractivity (Wildman–Crippen MR) is 103 cm³/mol. The fourth-order valence-corrected chi connectivity index (χ4v) is 8.67. The number of halogens is 3. The van der Waals surface area contributed by atoms with E-state index >= 15 is 0 Å². The molecule has 0 aromatic heterocycles. The third-order valence-electron chi connectivity index (χ3n) is 9.72. The largest absolute Gasteiger partial charge is 0.481 e. The van der Waals surface area contributed by atoms with Crippen molar-refractivity contribution in [2.75, 3.05) is 0 Å². The van der Waals surface area contributed by atoms with E-state index in [-0.39, 0.29) is 18.3 Å². The molecule has 4 fully saturated rings. The average molecular weight is 442 g/mol. The van der Waals surface area contributed by atoms with Gasteiger partial charge in [0.15, 0.2) is 0 Å². The maximum Gasteiger partial charge on any atom is 0.397 e. The predicted octanol–water partition coefficient (Wildman–Crippen LogP) is 4.50. The van der Waals surface area contributed by atoms with Crippen LogP contribution >= 0.6 is 0 Å². The van der Waals surface area contributed by atoms with Gasteiger partial charge >= 0.3 is 18.1 Å². The first-order valence-electron chi connectivity index (χ1n) is 11.1. The number of carboxylic acid groups (broad SMARTS) is 1. The number of esters is 1. The summed E-state index contributed by atoms with van der Waals surface area (Å²) in [5.41, 5.74) is -5.97. The first kappa shape index (κ1) is 21.3. The molecule has 9 atom stereocenters. The van der Waals surface area contributed by atoms with Crippen LogP contribution in [0.15, 0.2) is 12.2 Å². The van der Waals surface area contributed by atoms with Crippen LogP contribution in [0.4, 0.5) is 13.2 Å². The number of rotatable bonds is 2. The molecular weight excluding hydrogens is 413 g/mol. The Morgan fingerprint density at radius 1 is 1.26 bits per heavy atom. The fraction of sp³-hybridized carbons (Fsp3) is 0.826. The van der Waals surface area contributed by atoms with E-state index in [0.29, 0.717) is 25.7 Å². The topological polar surface area (TPSA) is 76.1 Å². The number of alkyl halides is 3. The SMILES string of the molecule is CC(=O)O[C@]12CC[C@@H]3[C@](C[C@H]1C)(C2)[C@@H](C(=O)O)[C@H]1[C@]32OC2(C)CC=C[C@@]1(C)C(F)(F)F. The van der Waals surface area contributed by atoms with E-state index in [4.69, 9.17) is 9.47 Å². The van der Waals surface area contributed by atoms with Gasteiger partial charge in [-0.25, -0.2) is 0 Å². The highest BCUT2D eigenvalue weighted by Gasteiger charge is 2.90. The lowest BCUT2D eigenvalue weighted by molar-refractivity contribution is -0.229. The smallest absolute Gasteiger partial charge is 0.397 e.